The summed E-state index contributed by atoms with van der Waals surface area (Å²) in [5, 5.41) is 28.3. The molecule has 190 valence electrons. The van der Waals surface area contributed by atoms with Crippen LogP contribution < -0.4 is 0 Å². The molecule has 0 radical (unpaired) electrons. The van der Waals surface area contributed by atoms with Gasteiger partial charge in [0.2, 0.25) is 0 Å². The third kappa shape index (κ3) is 6.34. The molecule has 0 saturated heterocycles. The lowest BCUT2D eigenvalue weighted by Crippen LogP contribution is -2.08. The van der Waals surface area contributed by atoms with Crippen LogP contribution in [0.15, 0.2) is 42.7 Å². The van der Waals surface area contributed by atoms with Gasteiger partial charge in [0, 0.05) is 29.2 Å². The van der Waals surface area contributed by atoms with Crippen molar-refractivity contribution in [1.29, 1.82) is 0 Å². The van der Waals surface area contributed by atoms with Crippen LogP contribution >= 0.6 is 23.2 Å². The maximum atomic E-state index is 10.9. The second-order valence-corrected chi connectivity index (χ2v) is 9.95. The number of aromatic nitrogens is 2. The summed E-state index contributed by atoms with van der Waals surface area (Å²) in [6, 6.07) is 6.29. The second-order valence-electron chi connectivity index (χ2n) is 6.21. The molecule has 19 heteroatoms. The Labute approximate surface area is 207 Å². The van der Waals surface area contributed by atoms with Gasteiger partial charge < -0.3 is 15.3 Å². The summed E-state index contributed by atoms with van der Waals surface area (Å²) < 4.78 is 88.0. The molecule has 5 N–H and O–H groups in total. The molecule has 0 aliphatic carbocycles. The molecule has 4 aromatic rings. The number of hydrogen-bond acceptors (Lipinski definition) is 10. The first-order valence-corrected chi connectivity index (χ1v) is 12.9. The van der Waals surface area contributed by atoms with E-state index in [2.05, 4.69) is 0 Å². The van der Waals surface area contributed by atoms with Crippen LogP contribution in [0.1, 0.15) is 0 Å². The summed E-state index contributed by atoms with van der Waals surface area (Å²) in [5.41, 5.74) is 0.183. The third-order valence-electron chi connectivity index (χ3n) is 4.10. The largest absolute Gasteiger partial charge is 0.506 e. The number of phenols is 3. The van der Waals surface area contributed by atoms with Crippen molar-refractivity contribution in [2.24, 2.45) is 0 Å². The Kier molecular flexibility index (Phi) is 8.28. The molecule has 35 heavy (non-hydrogen) atoms. The van der Waals surface area contributed by atoms with E-state index in [4.69, 9.17) is 44.9 Å². The number of phenolic OH excluding ortho intramolecular Hbond substituents is 3. The van der Waals surface area contributed by atoms with E-state index in [1.165, 1.54) is 24.3 Å². The standard InChI is InChI=1S/C8H6ClNO5S.C8H6ClNO4S.O3S/c9-7-4-1-2-10(16(13,14)15)5(4)3-6(11)8(7)12;9-8-5-3-4-10(15(12,13)14)6(5)1-2-7(8)11;1-4(2)3/h1-3,11-12H,(H,13,14,15);1-4,11H,(H,12,13,14);. The van der Waals surface area contributed by atoms with Crippen LogP contribution in [-0.4, -0.2) is 61.8 Å². The van der Waals surface area contributed by atoms with Gasteiger partial charge in [0.1, 0.15) is 5.75 Å². The quantitative estimate of drug-likeness (QED) is 0.166. The highest BCUT2D eigenvalue weighted by Crippen LogP contribution is 2.40. The van der Waals surface area contributed by atoms with E-state index < -0.39 is 42.7 Å². The summed E-state index contributed by atoms with van der Waals surface area (Å²) in [4.78, 5) is 0. The van der Waals surface area contributed by atoms with Crippen molar-refractivity contribution in [2.75, 3.05) is 0 Å². The molecule has 0 bridgehead atoms. The lowest BCUT2D eigenvalue weighted by atomic mass is 10.2. The lowest BCUT2D eigenvalue weighted by molar-refractivity contribution is 0.405. The molecule has 4 rings (SSSR count). The second kappa shape index (κ2) is 10.3. The minimum absolute atomic E-state index is 0.0252. The predicted octanol–water partition coefficient (Wildman–Crippen LogP) is 2.00. The Morgan fingerprint density at radius 1 is 0.686 bits per heavy atom. The van der Waals surface area contributed by atoms with Gasteiger partial charge in [0.25, 0.3) is 0 Å². The van der Waals surface area contributed by atoms with Crippen molar-refractivity contribution in [2.45, 2.75) is 0 Å². The fourth-order valence-electron chi connectivity index (χ4n) is 2.74. The van der Waals surface area contributed by atoms with E-state index in [1.807, 2.05) is 0 Å². The molecule has 2 aromatic carbocycles. The van der Waals surface area contributed by atoms with E-state index >= 15 is 0 Å². The number of fused-ring (bicyclic) bond motifs is 2. The first-order valence-electron chi connectivity index (χ1n) is 8.39. The van der Waals surface area contributed by atoms with Crippen molar-refractivity contribution in [3.8, 4) is 17.2 Å². The van der Waals surface area contributed by atoms with Crippen molar-refractivity contribution in [3.05, 3.63) is 52.8 Å². The molecule has 0 unspecified atom stereocenters. The molecule has 0 fully saturated rings. The fraction of sp³-hybridized carbons (Fsp3) is 0. The van der Waals surface area contributed by atoms with Gasteiger partial charge in [-0.15, -0.1) is 12.6 Å². The highest BCUT2D eigenvalue weighted by molar-refractivity contribution is 7.84. The van der Waals surface area contributed by atoms with Gasteiger partial charge in [-0.1, -0.05) is 23.2 Å². The predicted molar refractivity (Wildman–Crippen MR) is 122 cm³/mol. The van der Waals surface area contributed by atoms with Crippen LogP contribution in [0.4, 0.5) is 0 Å². The number of nitrogens with zero attached hydrogens (tertiary/aromatic N) is 2. The zero-order chi connectivity index (χ0) is 26.9. The molecule has 0 aliphatic heterocycles. The van der Waals surface area contributed by atoms with Gasteiger partial charge in [-0.25, -0.2) is 7.94 Å². The number of benzene rings is 2. The number of hydrogen-bond donors (Lipinski definition) is 5. The van der Waals surface area contributed by atoms with Crippen LogP contribution in [0.5, 0.6) is 17.2 Å². The summed E-state index contributed by atoms with van der Waals surface area (Å²) in [6.07, 6.45) is 2.22. The Hall–Kier alpha value is -3.06. The molecule has 0 aliphatic rings. The van der Waals surface area contributed by atoms with Gasteiger partial charge in [0.05, 0.1) is 21.1 Å². The third-order valence-corrected chi connectivity index (χ3v) is 6.51. The first-order chi connectivity index (χ1) is 16.0. The van der Waals surface area contributed by atoms with Crippen LogP contribution in [0.25, 0.3) is 21.8 Å². The molecule has 0 atom stereocenters. The summed E-state index contributed by atoms with van der Waals surface area (Å²) in [7, 11) is -11.9. The molecule has 0 amide bonds. The molecular weight excluding hydrogens is 579 g/mol. The van der Waals surface area contributed by atoms with Crippen molar-refractivity contribution in [3.63, 3.8) is 0 Å². The zero-order valence-electron chi connectivity index (χ0n) is 16.5. The monoisotopic (exact) mass is 590 g/mol. The molecule has 2 aromatic heterocycles. The highest BCUT2D eigenvalue weighted by Gasteiger charge is 2.18. The van der Waals surface area contributed by atoms with Gasteiger partial charge in [-0.05, 0) is 24.3 Å². The van der Waals surface area contributed by atoms with Gasteiger partial charge in [0.15, 0.2) is 11.5 Å². The number of aromatic hydroxyl groups is 3. The van der Waals surface area contributed by atoms with Crippen LogP contribution in [-0.2, 0) is 31.2 Å². The summed E-state index contributed by atoms with van der Waals surface area (Å²) in [6.45, 7) is 0. The summed E-state index contributed by atoms with van der Waals surface area (Å²) >= 11 is 11.4. The maximum Gasteiger partial charge on any atom is 0.425 e. The van der Waals surface area contributed by atoms with E-state index in [0.29, 0.717) is 13.3 Å². The van der Waals surface area contributed by atoms with Crippen molar-refractivity contribution in [1.82, 2.24) is 7.94 Å². The topological polar surface area (TPSA) is 230 Å². The Morgan fingerprint density at radius 2 is 1.11 bits per heavy atom. The first kappa shape index (κ1) is 28.2. The van der Waals surface area contributed by atoms with Crippen LogP contribution in [0.3, 0.4) is 0 Å². The maximum absolute atomic E-state index is 10.9. The van der Waals surface area contributed by atoms with Crippen molar-refractivity contribution >= 4 is 76.2 Å². The normalized spacial score (nSPS) is 11.4. The molecule has 0 spiro atoms. The Bertz CT molecular complexity index is 1750. The minimum atomic E-state index is -4.47. The van der Waals surface area contributed by atoms with E-state index in [0.717, 1.165) is 18.5 Å². The van der Waals surface area contributed by atoms with Crippen LogP contribution in [0.2, 0.25) is 10.0 Å². The lowest BCUT2D eigenvalue weighted by Gasteiger charge is -2.04. The fourth-order valence-corrected chi connectivity index (χ4v) is 4.45. The smallest absolute Gasteiger partial charge is 0.425 e. The Morgan fingerprint density at radius 3 is 1.57 bits per heavy atom. The molecule has 14 nitrogen and oxygen atoms in total. The van der Waals surface area contributed by atoms with Crippen LogP contribution in [0, 0.1) is 0 Å². The summed E-state index contributed by atoms with van der Waals surface area (Å²) in [5.74, 6) is -1.25. The zero-order valence-corrected chi connectivity index (χ0v) is 20.5. The average Bonchev–Trinajstić information content (AvgIpc) is 3.33. The van der Waals surface area contributed by atoms with Gasteiger partial charge in [-0.3, -0.25) is 9.11 Å². The number of halogens is 2. The minimum Gasteiger partial charge on any atom is -0.506 e. The molecular formula is C16H12Cl2N2O12S3. The average molecular weight is 591 g/mol. The van der Waals surface area contributed by atoms with E-state index in [-0.39, 0.29) is 32.2 Å². The Balaban J connectivity index is 0.000000215. The van der Waals surface area contributed by atoms with E-state index in [9.17, 15) is 32.2 Å². The molecule has 0 saturated carbocycles. The SMILES string of the molecule is O=S(=O)(O)n1ccc2c(Cl)c(O)c(O)cc21.O=S(=O)(O)n1ccc2c(Cl)c(O)ccc21.O=S(=O)=O. The van der Waals surface area contributed by atoms with Gasteiger partial charge in [-0.2, -0.15) is 16.8 Å². The van der Waals surface area contributed by atoms with Crippen molar-refractivity contribution < 1.29 is 53.9 Å². The highest BCUT2D eigenvalue weighted by atomic mass is 35.5. The van der Waals surface area contributed by atoms with Gasteiger partial charge >= 0.3 is 31.2 Å². The molecule has 2 heterocycles. The van der Waals surface area contributed by atoms with E-state index in [1.54, 1.807) is 0 Å². The number of rotatable bonds is 2.